The number of aliphatic hydroxyl groups excluding tert-OH is 1. The van der Waals surface area contributed by atoms with Crippen molar-refractivity contribution in [2.24, 2.45) is 5.92 Å². The van der Waals surface area contributed by atoms with E-state index in [0.29, 0.717) is 5.92 Å². The molecule has 1 N–H and O–H groups in total. The largest absolute Gasteiger partial charge is 0.392 e. The Morgan fingerprint density at radius 1 is 1.36 bits per heavy atom. The normalized spacial score (nSPS) is 14.1. The Labute approximate surface area is 70.1 Å². The van der Waals surface area contributed by atoms with Crippen LogP contribution in [0.4, 0.5) is 0 Å². The number of hydrogen-bond donors (Lipinski definition) is 1. The van der Waals surface area contributed by atoms with Crippen molar-refractivity contribution < 1.29 is 5.11 Å². The summed E-state index contributed by atoms with van der Waals surface area (Å²) in [6, 6.07) is 0. The van der Waals surface area contributed by atoms with Crippen LogP contribution < -0.4 is 0 Å². The van der Waals surface area contributed by atoms with Crippen molar-refractivity contribution in [3.05, 3.63) is 12.2 Å². The fourth-order valence-electron chi connectivity index (χ4n) is 1.16. The van der Waals surface area contributed by atoms with Gasteiger partial charge in [0.2, 0.25) is 0 Å². The van der Waals surface area contributed by atoms with Crippen molar-refractivity contribution >= 4 is 0 Å². The molecule has 0 saturated heterocycles. The van der Waals surface area contributed by atoms with E-state index in [1.807, 2.05) is 6.08 Å². The highest BCUT2D eigenvalue weighted by molar-refractivity contribution is 4.87. The predicted molar refractivity (Wildman–Crippen MR) is 49.5 cm³/mol. The molecule has 0 saturated carbocycles. The van der Waals surface area contributed by atoms with Crippen LogP contribution in [0.15, 0.2) is 12.2 Å². The zero-order valence-corrected chi connectivity index (χ0v) is 7.71. The molecule has 0 rings (SSSR count). The first kappa shape index (κ1) is 10.7. The topological polar surface area (TPSA) is 20.2 Å². The Morgan fingerprint density at radius 3 is 2.55 bits per heavy atom. The summed E-state index contributed by atoms with van der Waals surface area (Å²) < 4.78 is 0. The van der Waals surface area contributed by atoms with Gasteiger partial charge >= 0.3 is 0 Å². The van der Waals surface area contributed by atoms with Crippen LogP contribution in [0.3, 0.4) is 0 Å². The molecule has 0 aliphatic rings. The van der Waals surface area contributed by atoms with E-state index >= 15 is 0 Å². The van der Waals surface area contributed by atoms with Gasteiger partial charge in [0.15, 0.2) is 0 Å². The lowest BCUT2D eigenvalue weighted by atomic mass is 9.99. The van der Waals surface area contributed by atoms with Gasteiger partial charge in [-0.15, -0.1) is 0 Å². The minimum atomic E-state index is 0.183. The minimum absolute atomic E-state index is 0.183. The highest BCUT2D eigenvalue weighted by Gasteiger charge is 1.99. The Balaban J connectivity index is 3.48. The van der Waals surface area contributed by atoms with Crippen molar-refractivity contribution in [3.63, 3.8) is 0 Å². The zero-order chi connectivity index (χ0) is 8.53. The van der Waals surface area contributed by atoms with E-state index in [4.69, 9.17) is 5.11 Å². The third-order valence-electron chi connectivity index (χ3n) is 1.97. The molecule has 0 spiro atoms. The Bertz CT molecular complexity index is 97.0. The molecule has 0 fully saturated rings. The molecular formula is C10H20O. The van der Waals surface area contributed by atoms with Crippen molar-refractivity contribution in [1.82, 2.24) is 0 Å². The van der Waals surface area contributed by atoms with Crippen molar-refractivity contribution in [2.75, 3.05) is 6.61 Å². The molecule has 1 nitrogen and oxygen atoms in total. The van der Waals surface area contributed by atoms with Crippen molar-refractivity contribution in [2.45, 2.75) is 39.5 Å². The van der Waals surface area contributed by atoms with Crippen LogP contribution in [-0.4, -0.2) is 11.7 Å². The Hall–Kier alpha value is -0.300. The van der Waals surface area contributed by atoms with Crippen LogP contribution in [0.2, 0.25) is 0 Å². The first-order chi connectivity index (χ1) is 5.35. The van der Waals surface area contributed by atoms with Crippen molar-refractivity contribution in [1.29, 1.82) is 0 Å². The van der Waals surface area contributed by atoms with E-state index in [0.717, 1.165) is 0 Å². The molecule has 0 amide bonds. The lowest BCUT2D eigenvalue weighted by Crippen LogP contribution is -1.94. The monoisotopic (exact) mass is 156 g/mol. The molecule has 0 aromatic heterocycles. The van der Waals surface area contributed by atoms with Gasteiger partial charge in [-0.3, -0.25) is 0 Å². The van der Waals surface area contributed by atoms with Crippen LogP contribution in [0.25, 0.3) is 0 Å². The summed E-state index contributed by atoms with van der Waals surface area (Å²) in [5.41, 5.74) is 0. The molecule has 0 aliphatic carbocycles. The van der Waals surface area contributed by atoms with Gasteiger partial charge in [0.1, 0.15) is 0 Å². The molecule has 0 aromatic carbocycles. The van der Waals surface area contributed by atoms with E-state index in [-0.39, 0.29) is 6.61 Å². The summed E-state index contributed by atoms with van der Waals surface area (Å²) in [6.07, 6.45) is 9.01. The molecule has 0 aliphatic heterocycles. The lowest BCUT2D eigenvalue weighted by Gasteiger charge is -2.07. The molecule has 0 bridgehead atoms. The van der Waals surface area contributed by atoms with Crippen LogP contribution >= 0.6 is 0 Å². The molecule has 1 atom stereocenters. The van der Waals surface area contributed by atoms with Crippen molar-refractivity contribution in [3.8, 4) is 0 Å². The quantitative estimate of drug-likeness (QED) is 0.586. The summed E-state index contributed by atoms with van der Waals surface area (Å²) in [6.45, 7) is 4.59. The van der Waals surface area contributed by atoms with E-state index < -0.39 is 0 Å². The maximum atomic E-state index is 8.55. The summed E-state index contributed by atoms with van der Waals surface area (Å²) >= 11 is 0. The number of rotatable bonds is 6. The fraction of sp³-hybridized carbons (Fsp3) is 0.800. The van der Waals surface area contributed by atoms with Gasteiger partial charge in [0.25, 0.3) is 0 Å². The molecule has 1 heteroatoms. The molecule has 0 aromatic rings. The number of allylic oxidation sites excluding steroid dienone is 1. The highest BCUT2D eigenvalue weighted by Crippen LogP contribution is 2.13. The standard InChI is InChI=1S/C10H20O/c1-3-5-7-10(4-2)8-6-9-11/h6,8,10-11H,3-5,7,9H2,1-2H3. The Morgan fingerprint density at radius 2 is 2.09 bits per heavy atom. The first-order valence-corrected chi connectivity index (χ1v) is 4.62. The Kier molecular flexibility index (Phi) is 7.59. The summed E-state index contributed by atoms with van der Waals surface area (Å²) in [5.74, 6) is 0.682. The van der Waals surface area contributed by atoms with Gasteiger partial charge in [-0.1, -0.05) is 38.8 Å². The molecule has 11 heavy (non-hydrogen) atoms. The van der Waals surface area contributed by atoms with Gasteiger partial charge in [0, 0.05) is 0 Å². The lowest BCUT2D eigenvalue weighted by molar-refractivity contribution is 0.341. The van der Waals surface area contributed by atoms with Gasteiger partial charge < -0.3 is 5.11 Å². The number of hydrogen-bond acceptors (Lipinski definition) is 1. The maximum Gasteiger partial charge on any atom is 0.0612 e. The third-order valence-corrected chi connectivity index (χ3v) is 1.97. The highest BCUT2D eigenvalue weighted by atomic mass is 16.2. The second-order valence-electron chi connectivity index (χ2n) is 2.92. The maximum absolute atomic E-state index is 8.55. The second kappa shape index (κ2) is 7.80. The minimum Gasteiger partial charge on any atom is -0.392 e. The second-order valence-corrected chi connectivity index (χ2v) is 2.92. The zero-order valence-electron chi connectivity index (χ0n) is 7.71. The molecule has 0 heterocycles. The number of aliphatic hydroxyl groups is 1. The van der Waals surface area contributed by atoms with E-state index in [1.54, 1.807) is 0 Å². The average Bonchev–Trinajstić information content (AvgIpc) is 2.05. The van der Waals surface area contributed by atoms with Gasteiger partial charge in [0.05, 0.1) is 6.61 Å². The van der Waals surface area contributed by atoms with E-state index in [1.165, 1.54) is 25.7 Å². The summed E-state index contributed by atoms with van der Waals surface area (Å²) in [7, 11) is 0. The number of unbranched alkanes of at least 4 members (excludes halogenated alkanes) is 1. The predicted octanol–water partition coefficient (Wildman–Crippen LogP) is 2.75. The first-order valence-electron chi connectivity index (χ1n) is 4.62. The molecule has 1 unspecified atom stereocenters. The van der Waals surface area contributed by atoms with Gasteiger partial charge in [-0.2, -0.15) is 0 Å². The smallest absolute Gasteiger partial charge is 0.0612 e. The third kappa shape index (κ3) is 6.11. The average molecular weight is 156 g/mol. The van der Waals surface area contributed by atoms with E-state index in [2.05, 4.69) is 19.9 Å². The van der Waals surface area contributed by atoms with Gasteiger partial charge in [-0.05, 0) is 18.8 Å². The van der Waals surface area contributed by atoms with Crippen LogP contribution in [0, 0.1) is 5.92 Å². The fourth-order valence-corrected chi connectivity index (χ4v) is 1.16. The SMILES string of the molecule is CCCCC(C=CCO)CC. The molecule has 66 valence electrons. The van der Waals surface area contributed by atoms with Crippen LogP contribution in [-0.2, 0) is 0 Å². The van der Waals surface area contributed by atoms with Crippen LogP contribution in [0.1, 0.15) is 39.5 Å². The molecular weight excluding hydrogens is 136 g/mol. The summed E-state index contributed by atoms with van der Waals surface area (Å²) in [4.78, 5) is 0. The van der Waals surface area contributed by atoms with Crippen LogP contribution in [0.5, 0.6) is 0 Å². The van der Waals surface area contributed by atoms with Gasteiger partial charge in [-0.25, -0.2) is 0 Å². The summed E-state index contributed by atoms with van der Waals surface area (Å²) in [5, 5.41) is 8.55. The van der Waals surface area contributed by atoms with E-state index in [9.17, 15) is 0 Å². The molecule has 0 radical (unpaired) electrons.